The summed E-state index contributed by atoms with van der Waals surface area (Å²) in [6, 6.07) is 17.0. The predicted molar refractivity (Wildman–Crippen MR) is 129 cm³/mol. The zero-order chi connectivity index (χ0) is 21.4. The molecule has 152 valence electrons. The highest BCUT2D eigenvalue weighted by atomic mass is 35.5. The number of para-hydroxylation sites is 2. The van der Waals surface area contributed by atoms with Crippen molar-refractivity contribution in [2.24, 2.45) is 0 Å². The number of thioether (sulfide) groups is 1. The van der Waals surface area contributed by atoms with Gasteiger partial charge in [0.1, 0.15) is 5.75 Å². The van der Waals surface area contributed by atoms with Crippen molar-refractivity contribution in [2.75, 3.05) is 12.0 Å². The molecule has 1 amide bonds. The molecule has 30 heavy (non-hydrogen) atoms. The summed E-state index contributed by atoms with van der Waals surface area (Å²) in [7, 11) is 1.66. The molecule has 2 heterocycles. The number of hydrogen-bond acceptors (Lipinski definition) is 4. The molecule has 1 aliphatic heterocycles. The van der Waals surface area contributed by atoms with Crippen LogP contribution in [0.3, 0.4) is 0 Å². The second-order valence-corrected chi connectivity index (χ2v) is 8.94. The van der Waals surface area contributed by atoms with Crippen LogP contribution in [0.5, 0.6) is 5.75 Å². The van der Waals surface area contributed by atoms with Crippen molar-refractivity contribution < 1.29 is 9.53 Å². The van der Waals surface area contributed by atoms with Gasteiger partial charge in [-0.25, -0.2) is 0 Å². The van der Waals surface area contributed by atoms with Gasteiger partial charge in [0.2, 0.25) is 0 Å². The Morgan fingerprint density at radius 3 is 2.50 bits per heavy atom. The van der Waals surface area contributed by atoms with E-state index < -0.39 is 0 Å². The normalized spacial score (nSPS) is 15.3. The average molecular weight is 455 g/mol. The monoisotopic (exact) mass is 454 g/mol. The molecule has 0 saturated carbocycles. The van der Waals surface area contributed by atoms with Crippen LogP contribution in [0, 0.1) is 13.8 Å². The first kappa shape index (κ1) is 20.7. The zero-order valence-electron chi connectivity index (χ0n) is 16.7. The van der Waals surface area contributed by atoms with E-state index in [0.29, 0.717) is 19.9 Å². The third-order valence-electron chi connectivity index (χ3n) is 4.96. The largest absolute Gasteiger partial charge is 0.495 e. The van der Waals surface area contributed by atoms with Gasteiger partial charge in [0.05, 0.1) is 23.4 Å². The fraction of sp³-hybridized carbons (Fsp3) is 0.130. The molecule has 1 aliphatic rings. The van der Waals surface area contributed by atoms with E-state index in [1.807, 2.05) is 44.2 Å². The minimum atomic E-state index is -0.130. The Morgan fingerprint density at radius 1 is 1.10 bits per heavy atom. The van der Waals surface area contributed by atoms with Crippen molar-refractivity contribution in [2.45, 2.75) is 13.8 Å². The van der Waals surface area contributed by atoms with Gasteiger partial charge in [0.15, 0.2) is 4.32 Å². The molecule has 1 fully saturated rings. The smallest absolute Gasteiger partial charge is 0.270 e. The van der Waals surface area contributed by atoms with Crippen LogP contribution in [0.15, 0.2) is 59.5 Å². The van der Waals surface area contributed by atoms with Crippen LogP contribution in [0.2, 0.25) is 5.02 Å². The van der Waals surface area contributed by atoms with E-state index in [1.54, 1.807) is 36.3 Å². The summed E-state index contributed by atoms with van der Waals surface area (Å²) < 4.78 is 8.16. The minimum Gasteiger partial charge on any atom is -0.495 e. The van der Waals surface area contributed by atoms with Gasteiger partial charge in [-0.05, 0) is 68.0 Å². The Bertz CT molecular complexity index is 1180. The summed E-state index contributed by atoms with van der Waals surface area (Å²) in [5.74, 6) is 0.661. The number of aryl methyl sites for hydroxylation is 1. The van der Waals surface area contributed by atoms with E-state index in [9.17, 15) is 4.79 Å². The van der Waals surface area contributed by atoms with Crippen LogP contribution in [-0.4, -0.2) is 21.9 Å². The Hall–Kier alpha value is -2.54. The van der Waals surface area contributed by atoms with Gasteiger partial charge in [-0.15, -0.1) is 0 Å². The summed E-state index contributed by atoms with van der Waals surface area (Å²) in [6.45, 7) is 4.07. The first-order chi connectivity index (χ1) is 14.4. The first-order valence-electron chi connectivity index (χ1n) is 9.26. The van der Waals surface area contributed by atoms with Crippen molar-refractivity contribution in [3.8, 4) is 11.4 Å². The summed E-state index contributed by atoms with van der Waals surface area (Å²) in [5.41, 5.74) is 4.72. The molecule has 0 aliphatic carbocycles. The van der Waals surface area contributed by atoms with Crippen LogP contribution in [0.1, 0.15) is 17.0 Å². The molecule has 1 saturated heterocycles. The van der Waals surface area contributed by atoms with Crippen molar-refractivity contribution in [1.82, 2.24) is 4.57 Å². The SMILES string of the molecule is COc1ccccc1-n1c(C)cc(/C=C2\SC(=S)N(c3ccc(Cl)cc3)C2=O)c1C. The van der Waals surface area contributed by atoms with Crippen molar-refractivity contribution in [3.63, 3.8) is 0 Å². The van der Waals surface area contributed by atoms with Gasteiger partial charge in [-0.1, -0.05) is 47.7 Å². The van der Waals surface area contributed by atoms with Gasteiger partial charge >= 0.3 is 0 Å². The first-order valence-corrected chi connectivity index (χ1v) is 10.9. The maximum absolute atomic E-state index is 13.1. The number of halogens is 1. The van der Waals surface area contributed by atoms with E-state index in [4.69, 9.17) is 28.6 Å². The molecule has 2 aromatic carbocycles. The Morgan fingerprint density at radius 2 is 1.80 bits per heavy atom. The van der Waals surface area contributed by atoms with Crippen molar-refractivity contribution >= 4 is 57.6 Å². The van der Waals surface area contributed by atoms with E-state index >= 15 is 0 Å². The lowest BCUT2D eigenvalue weighted by Crippen LogP contribution is -2.27. The van der Waals surface area contributed by atoms with Crippen LogP contribution in [-0.2, 0) is 4.79 Å². The molecule has 0 bridgehead atoms. The van der Waals surface area contributed by atoms with Crippen molar-refractivity contribution in [3.05, 3.63) is 81.5 Å². The van der Waals surface area contributed by atoms with Crippen LogP contribution < -0.4 is 9.64 Å². The van der Waals surface area contributed by atoms with Gasteiger partial charge < -0.3 is 9.30 Å². The molecule has 4 rings (SSSR count). The topological polar surface area (TPSA) is 34.5 Å². The highest BCUT2D eigenvalue weighted by molar-refractivity contribution is 8.27. The lowest BCUT2D eigenvalue weighted by Gasteiger charge is -2.14. The number of carbonyl (C=O) groups is 1. The van der Waals surface area contributed by atoms with Crippen LogP contribution in [0.25, 0.3) is 11.8 Å². The summed E-state index contributed by atoms with van der Waals surface area (Å²) in [5, 5.41) is 0.614. The molecule has 0 unspecified atom stereocenters. The number of carbonyl (C=O) groups excluding carboxylic acids is 1. The highest BCUT2D eigenvalue weighted by Crippen LogP contribution is 2.37. The Labute approximate surface area is 190 Å². The number of hydrogen-bond donors (Lipinski definition) is 0. The number of methoxy groups -OCH3 is 1. The van der Waals surface area contributed by atoms with Gasteiger partial charge in [-0.3, -0.25) is 9.69 Å². The second kappa shape index (κ2) is 8.30. The molecule has 0 atom stereocenters. The third kappa shape index (κ3) is 3.67. The van der Waals surface area contributed by atoms with Crippen molar-refractivity contribution in [1.29, 1.82) is 0 Å². The minimum absolute atomic E-state index is 0.130. The molecule has 0 spiro atoms. The number of benzene rings is 2. The fourth-order valence-corrected chi connectivity index (χ4v) is 4.96. The molecule has 1 aromatic heterocycles. The fourth-order valence-electron chi connectivity index (χ4n) is 3.54. The number of ether oxygens (including phenoxy) is 1. The lowest BCUT2D eigenvalue weighted by atomic mass is 10.2. The zero-order valence-corrected chi connectivity index (χ0v) is 19.1. The quantitative estimate of drug-likeness (QED) is 0.349. The number of nitrogens with zero attached hydrogens (tertiary/aromatic N) is 2. The number of aromatic nitrogens is 1. The summed E-state index contributed by atoms with van der Waals surface area (Å²) in [4.78, 5) is 15.2. The predicted octanol–water partition coefficient (Wildman–Crippen LogP) is 6.16. The third-order valence-corrected chi connectivity index (χ3v) is 6.52. The number of rotatable bonds is 4. The number of anilines is 1. The van der Waals surface area contributed by atoms with E-state index in [1.165, 1.54) is 11.8 Å². The average Bonchev–Trinajstić information content (AvgIpc) is 3.17. The maximum Gasteiger partial charge on any atom is 0.270 e. The molecular weight excluding hydrogens is 436 g/mol. The molecular formula is C23H19ClN2O2S2. The van der Waals surface area contributed by atoms with Gasteiger partial charge in [-0.2, -0.15) is 0 Å². The van der Waals surface area contributed by atoms with Gasteiger partial charge in [0, 0.05) is 16.4 Å². The molecule has 0 N–H and O–H groups in total. The molecule has 0 radical (unpaired) electrons. The number of thiocarbonyl (C=S) groups is 1. The molecule has 3 aromatic rings. The Kier molecular flexibility index (Phi) is 5.73. The van der Waals surface area contributed by atoms with Crippen LogP contribution in [0.4, 0.5) is 5.69 Å². The van der Waals surface area contributed by atoms with E-state index in [2.05, 4.69) is 10.6 Å². The number of amides is 1. The Balaban J connectivity index is 1.72. The van der Waals surface area contributed by atoms with Gasteiger partial charge in [0.25, 0.3) is 5.91 Å². The summed E-state index contributed by atoms with van der Waals surface area (Å²) >= 11 is 12.7. The second-order valence-electron chi connectivity index (χ2n) is 6.83. The van der Waals surface area contributed by atoms with Crippen LogP contribution >= 0.6 is 35.6 Å². The lowest BCUT2D eigenvalue weighted by molar-refractivity contribution is -0.113. The molecule has 4 nitrogen and oxygen atoms in total. The van der Waals surface area contributed by atoms with E-state index in [0.717, 1.165) is 28.4 Å². The maximum atomic E-state index is 13.1. The molecule has 7 heteroatoms. The van der Waals surface area contributed by atoms with E-state index in [-0.39, 0.29) is 5.91 Å². The highest BCUT2D eigenvalue weighted by Gasteiger charge is 2.33. The standard InChI is InChI=1S/C23H19ClN2O2S2/c1-14-12-16(15(2)25(14)19-6-4-5-7-20(19)28-3)13-21-22(27)26(23(29)30-21)18-10-8-17(24)9-11-18/h4-13H,1-3H3/b21-13-. The summed E-state index contributed by atoms with van der Waals surface area (Å²) in [6.07, 6.45) is 1.91.